The molecule has 0 aliphatic heterocycles. The molecule has 118 valence electrons. The van der Waals surface area contributed by atoms with Crippen LogP contribution in [-0.4, -0.2) is 34.6 Å². The molecule has 1 rings (SSSR count). The summed E-state index contributed by atoms with van der Waals surface area (Å²) in [6, 6.07) is 2.72. The lowest BCUT2D eigenvalue weighted by molar-refractivity contribution is 0.0951. The minimum Gasteiger partial charge on any atom is -0.385 e. The van der Waals surface area contributed by atoms with Gasteiger partial charge in [-0.2, -0.15) is 0 Å². The van der Waals surface area contributed by atoms with Crippen molar-refractivity contribution in [1.29, 1.82) is 0 Å². The van der Waals surface area contributed by atoms with Gasteiger partial charge in [0.25, 0.3) is 5.91 Å². The number of carbonyl (C=O) groups excluding carboxylic acids is 1. The molecule has 6 nitrogen and oxygen atoms in total. The lowest BCUT2D eigenvalue weighted by Gasteiger charge is -2.10. The van der Waals surface area contributed by atoms with Crippen LogP contribution in [0.3, 0.4) is 0 Å². The van der Waals surface area contributed by atoms with Crippen LogP contribution in [0.1, 0.15) is 28.8 Å². The van der Waals surface area contributed by atoms with Gasteiger partial charge < -0.3 is 10.1 Å². The van der Waals surface area contributed by atoms with E-state index in [2.05, 4.69) is 5.32 Å². The Hall–Kier alpha value is -1.15. The van der Waals surface area contributed by atoms with Gasteiger partial charge in [0.1, 0.15) is 4.90 Å². The van der Waals surface area contributed by atoms with E-state index < -0.39 is 10.0 Å². The van der Waals surface area contributed by atoms with Crippen LogP contribution in [0, 0.1) is 6.92 Å². The molecule has 0 aromatic heterocycles. The number of nitrogens with one attached hydrogen (secondary N) is 1. The van der Waals surface area contributed by atoms with E-state index in [-0.39, 0.29) is 21.4 Å². The second kappa shape index (κ2) is 7.74. The van der Waals surface area contributed by atoms with E-state index in [1.165, 1.54) is 12.1 Å². The molecule has 0 spiro atoms. The number of primary sulfonamides is 1. The molecule has 0 saturated heterocycles. The van der Waals surface area contributed by atoms with E-state index in [4.69, 9.17) is 21.5 Å². The summed E-state index contributed by atoms with van der Waals surface area (Å²) in [5.74, 6) is -0.364. The number of unbranched alkanes of at least 4 members (excludes halogenated alkanes) is 1. The van der Waals surface area contributed by atoms with Gasteiger partial charge in [-0.25, -0.2) is 13.6 Å². The number of halogens is 1. The van der Waals surface area contributed by atoms with E-state index in [1.54, 1.807) is 14.0 Å². The number of hydrogen-bond acceptors (Lipinski definition) is 4. The Kier molecular flexibility index (Phi) is 6.60. The van der Waals surface area contributed by atoms with Gasteiger partial charge in [-0.3, -0.25) is 4.79 Å². The Morgan fingerprint density at radius 3 is 2.62 bits per heavy atom. The van der Waals surface area contributed by atoms with Crippen LogP contribution in [0.25, 0.3) is 0 Å². The third-order valence-electron chi connectivity index (χ3n) is 2.85. The fourth-order valence-electron chi connectivity index (χ4n) is 1.75. The normalized spacial score (nSPS) is 11.4. The molecule has 0 fully saturated rings. The first-order valence-electron chi connectivity index (χ1n) is 6.37. The largest absolute Gasteiger partial charge is 0.385 e. The zero-order chi connectivity index (χ0) is 16.0. The number of rotatable bonds is 7. The van der Waals surface area contributed by atoms with Crippen LogP contribution >= 0.6 is 11.6 Å². The van der Waals surface area contributed by atoms with Crippen LogP contribution in [0.4, 0.5) is 0 Å². The van der Waals surface area contributed by atoms with E-state index in [0.29, 0.717) is 18.7 Å². The Morgan fingerprint density at radius 1 is 1.38 bits per heavy atom. The van der Waals surface area contributed by atoms with E-state index in [0.717, 1.165) is 12.8 Å². The van der Waals surface area contributed by atoms with Crippen molar-refractivity contribution in [2.75, 3.05) is 20.3 Å². The number of nitrogens with two attached hydrogens (primary N) is 1. The summed E-state index contributed by atoms with van der Waals surface area (Å²) in [4.78, 5) is 11.8. The highest BCUT2D eigenvalue weighted by Crippen LogP contribution is 2.25. The molecule has 0 saturated carbocycles. The molecular weight excluding hydrogens is 316 g/mol. The van der Waals surface area contributed by atoms with Gasteiger partial charge in [-0.05, 0) is 37.5 Å². The van der Waals surface area contributed by atoms with Gasteiger partial charge >= 0.3 is 0 Å². The summed E-state index contributed by atoms with van der Waals surface area (Å²) in [7, 11) is -2.36. The fraction of sp³-hybridized carbons (Fsp3) is 0.462. The molecule has 8 heteroatoms. The van der Waals surface area contributed by atoms with Crippen LogP contribution in [0.15, 0.2) is 17.0 Å². The highest BCUT2D eigenvalue weighted by atomic mass is 35.5. The number of sulfonamides is 1. The molecule has 0 radical (unpaired) electrons. The van der Waals surface area contributed by atoms with Gasteiger partial charge in [0, 0.05) is 25.8 Å². The Labute approximate surface area is 129 Å². The zero-order valence-electron chi connectivity index (χ0n) is 12.0. The molecule has 0 bridgehead atoms. The summed E-state index contributed by atoms with van der Waals surface area (Å²) < 4.78 is 27.8. The van der Waals surface area contributed by atoms with Gasteiger partial charge in [-0.15, -0.1) is 0 Å². The van der Waals surface area contributed by atoms with Gasteiger partial charge in [0.15, 0.2) is 0 Å². The first-order valence-corrected chi connectivity index (χ1v) is 8.30. The molecule has 0 unspecified atom stereocenters. The lowest BCUT2D eigenvalue weighted by atomic mass is 10.1. The van der Waals surface area contributed by atoms with Crippen LogP contribution < -0.4 is 10.5 Å². The number of amides is 1. The molecule has 0 aliphatic rings. The summed E-state index contributed by atoms with van der Waals surface area (Å²) >= 11 is 5.91. The summed E-state index contributed by atoms with van der Waals surface area (Å²) in [6.07, 6.45) is 1.60. The second-order valence-electron chi connectivity index (χ2n) is 4.61. The number of aryl methyl sites for hydroxylation is 1. The molecule has 0 aliphatic carbocycles. The first-order chi connectivity index (χ1) is 9.77. The van der Waals surface area contributed by atoms with Crippen molar-refractivity contribution in [2.24, 2.45) is 5.14 Å². The van der Waals surface area contributed by atoms with Crippen molar-refractivity contribution in [3.63, 3.8) is 0 Å². The number of methoxy groups -OCH3 is 1. The van der Waals surface area contributed by atoms with Crippen LogP contribution in [0.5, 0.6) is 0 Å². The minimum absolute atomic E-state index is 0.0362. The van der Waals surface area contributed by atoms with Crippen molar-refractivity contribution in [1.82, 2.24) is 5.32 Å². The van der Waals surface area contributed by atoms with E-state index in [1.807, 2.05) is 0 Å². The Morgan fingerprint density at radius 2 is 2.05 bits per heavy atom. The number of hydrogen-bond donors (Lipinski definition) is 2. The fourth-order valence-corrected chi connectivity index (χ4v) is 2.88. The SMILES string of the molecule is COCCCCNC(=O)c1cc(C)c(Cl)c(S(N)(=O)=O)c1. The third-order valence-corrected chi connectivity index (χ3v) is 4.40. The summed E-state index contributed by atoms with van der Waals surface area (Å²) in [5.41, 5.74) is 0.695. The Bertz CT molecular complexity index is 617. The number of carbonyl (C=O) groups is 1. The average molecular weight is 335 g/mol. The molecule has 1 amide bonds. The van der Waals surface area contributed by atoms with Crippen LogP contribution in [-0.2, 0) is 14.8 Å². The van der Waals surface area contributed by atoms with Gasteiger partial charge in [-0.1, -0.05) is 11.6 Å². The highest BCUT2D eigenvalue weighted by Gasteiger charge is 2.18. The molecular formula is C13H19ClN2O4S. The molecule has 1 aromatic carbocycles. The van der Waals surface area contributed by atoms with Crippen LogP contribution in [0.2, 0.25) is 5.02 Å². The molecule has 0 heterocycles. The standard InChI is InChI=1S/C13H19ClN2O4S/c1-9-7-10(8-11(12(9)14)21(15,18)19)13(17)16-5-3-4-6-20-2/h7-8H,3-6H2,1-2H3,(H,16,17)(H2,15,18,19). The first kappa shape index (κ1) is 17.9. The molecule has 0 atom stereocenters. The van der Waals surface area contributed by atoms with Crippen molar-refractivity contribution < 1.29 is 17.9 Å². The Balaban J connectivity index is 2.84. The van der Waals surface area contributed by atoms with E-state index in [9.17, 15) is 13.2 Å². The monoisotopic (exact) mass is 334 g/mol. The maximum absolute atomic E-state index is 12.0. The van der Waals surface area contributed by atoms with Gasteiger partial charge in [0.05, 0.1) is 5.02 Å². The molecule has 3 N–H and O–H groups in total. The van der Waals surface area contributed by atoms with E-state index >= 15 is 0 Å². The number of ether oxygens (including phenoxy) is 1. The third kappa shape index (κ3) is 5.28. The van der Waals surface area contributed by atoms with Crippen molar-refractivity contribution in [3.05, 3.63) is 28.3 Å². The highest BCUT2D eigenvalue weighted by molar-refractivity contribution is 7.89. The quantitative estimate of drug-likeness (QED) is 0.737. The predicted octanol–water partition coefficient (Wildman–Crippen LogP) is 1.45. The maximum atomic E-state index is 12.0. The van der Waals surface area contributed by atoms with Crippen molar-refractivity contribution >= 4 is 27.5 Å². The predicted molar refractivity (Wildman–Crippen MR) is 81.0 cm³/mol. The second-order valence-corrected chi connectivity index (χ2v) is 6.51. The number of benzene rings is 1. The smallest absolute Gasteiger partial charge is 0.251 e. The topological polar surface area (TPSA) is 98.5 Å². The molecule has 1 aromatic rings. The summed E-state index contributed by atoms with van der Waals surface area (Å²) in [5, 5.41) is 7.84. The lowest BCUT2D eigenvalue weighted by Crippen LogP contribution is -2.25. The summed E-state index contributed by atoms with van der Waals surface area (Å²) in [6.45, 7) is 2.73. The van der Waals surface area contributed by atoms with Gasteiger partial charge in [0.2, 0.25) is 10.0 Å². The minimum atomic E-state index is -3.97. The average Bonchev–Trinajstić information content (AvgIpc) is 2.39. The zero-order valence-corrected chi connectivity index (χ0v) is 13.6. The van der Waals surface area contributed by atoms with Crippen molar-refractivity contribution in [2.45, 2.75) is 24.7 Å². The molecule has 21 heavy (non-hydrogen) atoms. The maximum Gasteiger partial charge on any atom is 0.251 e. The van der Waals surface area contributed by atoms with Crippen molar-refractivity contribution in [3.8, 4) is 0 Å².